The molecule has 1 rings (SSSR count). The Morgan fingerprint density at radius 2 is 1.68 bits per heavy atom. The van der Waals surface area contributed by atoms with Gasteiger partial charge in [0.1, 0.15) is 0 Å². The molecule has 0 aromatic rings. The molecule has 13 heteroatoms. The maximum Gasteiger partial charge on any atom is 0.329 e. The molecule has 25 heavy (non-hydrogen) atoms. The molecule has 1 fully saturated rings. The molecule has 1 unspecified atom stereocenters. The van der Waals surface area contributed by atoms with Gasteiger partial charge in [0.25, 0.3) is 10.2 Å². The van der Waals surface area contributed by atoms with Gasteiger partial charge in [0.05, 0.1) is 19.1 Å². The van der Waals surface area contributed by atoms with Crippen molar-refractivity contribution < 1.29 is 30.8 Å². The Labute approximate surface area is 150 Å². The zero-order valence-corrected chi connectivity index (χ0v) is 15.5. The third kappa shape index (κ3) is 6.20. The van der Waals surface area contributed by atoms with Crippen molar-refractivity contribution >= 4 is 28.5 Å². The molecular formula is C12H23ClF4N4O3S. The number of alkyl halides is 4. The predicted molar refractivity (Wildman–Crippen MR) is 86.2 cm³/mol. The molecule has 1 aliphatic heterocycles. The van der Waals surface area contributed by atoms with Gasteiger partial charge in [0.2, 0.25) is 5.91 Å². The van der Waals surface area contributed by atoms with Crippen molar-refractivity contribution in [3.8, 4) is 0 Å². The number of carbonyl (C=O) groups is 1. The van der Waals surface area contributed by atoms with Crippen LogP contribution in [0.3, 0.4) is 0 Å². The van der Waals surface area contributed by atoms with E-state index in [9.17, 15) is 30.8 Å². The van der Waals surface area contributed by atoms with E-state index in [4.69, 9.17) is 5.73 Å². The third-order valence-electron chi connectivity index (χ3n) is 3.65. The van der Waals surface area contributed by atoms with Gasteiger partial charge < -0.3 is 10.6 Å². The average molecular weight is 415 g/mol. The number of nitrogens with one attached hydrogen (secondary N) is 1. The summed E-state index contributed by atoms with van der Waals surface area (Å²) in [6.07, 6.45) is 0.778. The summed E-state index contributed by atoms with van der Waals surface area (Å²) < 4.78 is 78.4. The third-order valence-corrected chi connectivity index (χ3v) is 5.18. The largest absolute Gasteiger partial charge is 0.329 e. The summed E-state index contributed by atoms with van der Waals surface area (Å²) in [5.74, 6) is -9.47. The van der Waals surface area contributed by atoms with Crippen LogP contribution in [-0.4, -0.2) is 75.1 Å². The summed E-state index contributed by atoms with van der Waals surface area (Å²) in [5, 5.41) is 0. The number of hydrogen-bond donors (Lipinski definition) is 2. The molecule has 150 valence electrons. The SMILES string of the molecule is CN(C)S(=O)(=O)NCCCCC(N)C(=O)N1CC(F)(F)C(F)(F)C1.Cl. The Balaban J connectivity index is 0.00000576. The normalized spacial score (nSPS) is 20.4. The highest BCUT2D eigenvalue weighted by Gasteiger charge is 2.64. The number of rotatable bonds is 8. The first-order valence-corrected chi connectivity index (χ1v) is 8.71. The smallest absolute Gasteiger partial charge is 0.329 e. The van der Waals surface area contributed by atoms with E-state index in [1.807, 2.05) is 0 Å². The Hall–Kier alpha value is -0.690. The van der Waals surface area contributed by atoms with Crippen LogP contribution in [0.25, 0.3) is 0 Å². The molecule has 0 bridgehead atoms. The monoisotopic (exact) mass is 414 g/mol. The van der Waals surface area contributed by atoms with Crippen molar-refractivity contribution in [2.75, 3.05) is 33.7 Å². The molecule has 0 saturated carbocycles. The Kier molecular flexibility index (Phi) is 8.56. The van der Waals surface area contributed by atoms with E-state index in [0.29, 0.717) is 17.7 Å². The molecule has 3 N–H and O–H groups in total. The van der Waals surface area contributed by atoms with Crippen LogP contribution in [0.15, 0.2) is 0 Å². The van der Waals surface area contributed by atoms with E-state index in [2.05, 4.69) is 4.72 Å². The lowest BCUT2D eigenvalue weighted by Gasteiger charge is -2.20. The van der Waals surface area contributed by atoms with Crippen molar-refractivity contribution in [3.05, 3.63) is 0 Å². The summed E-state index contributed by atoms with van der Waals surface area (Å²) >= 11 is 0. The number of amides is 1. The summed E-state index contributed by atoms with van der Waals surface area (Å²) in [7, 11) is -0.825. The maximum absolute atomic E-state index is 13.1. The Morgan fingerprint density at radius 1 is 1.20 bits per heavy atom. The second-order valence-electron chi connectivity index (χ2n) is 5.89. The highest BCUT2D eigenvalue weighted by atomic mass is 35.5. The number of unbranched alkanes of at least 4 members (excludes halogenated alkanes) is 1. The van der Waals surface area contributed by atoms with Crippen LogP contribution in [-0.2, 0) is 15.0 Å². The first-order chi connectivity index (χ1) is 10.8. The molecule has 0 aromatic heterocycles. The van der Waals surface area contributed by atoms with E-state index in [-0.39, 0.29) is 25.4 Å². The molecule has 1 heterocycles. The summed E-state index contributed by atoms with van der Waals surface area (Å²) in [6.45, 7) is -2.59. The number of hydrogen-bond acceptors (Lipinski definition) is 4. The van der Waals surface area contributed by atoms with Crippen LogP contribution >= 0.6 is 12.4 Å². The molecule has 0 aliphatic carbocycles. The standard InChI is InChI=1S/C12H22F4N4O3S.ClH/c1-19(2)24(22,23)18-6-4-3-5-9(17)10(21)20-7-11(13,14)12(15,16)8-20;/h9,18H,3-8,17H2,1-2H3;1H. The van der Waals surface area contributed by atoms with Gasteiger partial charge in [-0.25, -0.2) is 4.72 Å². The first kappa shape index (κ1) is 24.3. The number of likely N-dealkylation sites (tertiary alicyclic amines) is 1. The first-order valence-electron chi connectivity index (χ1n) is 7.27. The van der Waals surface area contributed by atoms with Crippen molar-refractivity contribution in [3.63, 3.8) is 0 Å². The van der Waals surface area contributed by atoms with Crippen LogP contribution in [0, 0.1) is 0 Å². The molecule has 7 nitrogen and oxygen atoms in total. The second kappa shape index (κ2) is 8.80. The summed E-state index contributed by atoms with van der Waals surface area (Å²) in [6, 6.07) is -1.18. The van der Waals surface area contributed by atoms with Gasteiger partial charge in [-0.15, -0.1) is 12.4 Å². The van der Waals surface area contributed by atoms with Gasteiger partial charge in [-0.1, -0.05) is 6.42 Å². The van der Waals surface area contributed by atoms with E-state index >= 15 is 0 Å². The van der Waals surface area contributed by atoms with Crippen molar-refractivity contribution in [1.29, 1.82) is 0 Å². The van der Waals surface area contributed by atoms with Crippen LogP contribution in [0.4, 0.5) is 17.6 Å². The zero-order valence-electron chi connectivity index (χ0n) is 13.8. The van der Waals surface area contributed by atoms with E-state index in [1.54, 1.807) is 0 Å². The Bertz CT molecular complexity index is 547. The predicted octanol–water partition coefficient (Wildman–Crippen LogP) is 0.415. The van der Waals surface area contributed by atoms with Crippen LogP contribution in [0.2, 0.25) is 0 Å². The van der Waals surface area contributed by atoms with Gasteiger partial charge >= 0.3 is 11.8 Å². The van der Waals surface area contributed by atoms with Gasteiger partial charge in [0.15, 0.2) is 0 Å². The van der Waals surface area contributed by atoms with Gasteiger partial charge in [-0.2, -0.15) is 30.3 Å². The fraction of sp³-hybridized carbons (Fsp3) is 0.917. The highest BCUT2D eigenvalue weighted by molar-refractivity contribution is 7.87. The summed E-state index contributed by atoms with van der Waals surface area (Å²) in [5.41, 5.74) is 5.56. The average Bonchev–Trinajstić information content (AvgIpc) is 2.65. The molecule has 1 amide bonds. The molecule has 1 atom stereocenters. The zero-order chi connectivity index (χ0) is 18.8. The van der Waals surface area contributed by atoms with Gasteiger partial charge in [0, 0.05) is 20.6 Å². The van der Waals surface area contributed by atoms with Gasteiger partial charge in [-0.05, 0) is 12.8 Å². The van der Waals surface area contributed by atoms with Crippen molar-refractivity contribution in [1.82, 2.24) is 13.9 Å². The van der Waals surface area contributed by atoms with Crippen molar-refractivity contribution in [2.45, 2.75) is 37.1 Å². The fourth-order valence-corrected chi connectivity index (χ4v) is 2.76. The number of nitrogens with zero attached hydrogens (tertiary/aromatic N) is 2. The topological polar surface area (TPSA) is 95.7 Å². The lowest BCUT2D eigenvalue weighted by Crippen LogP contribution is -2.43. The van der Waals surface area contributed by atoms with E-state index in [0.717, 1.165) is 4.31 Å². The highest BCUT2D eigenvalue weighted by Crippen LogP contribution is 2.41. The molecular weight excluding hydrogens is 392 g/mol. The van der Waals surface area contributed by atoms with Crippen LogP contribution in [0.1, 0.15) is 19.3 Å². The molecule has 1 saturated heterocycles. The van der Waals surface area contributed by atoms with E-state index in [1.165, 1.54) is 14.1 Å². The van der Waals surface area contributed by atoms with Crippen LogP contribution in [0.5, 0.6) is 0 Å². The molecule has 0 radical (unpaired) electrons. The second-order valence-corrected chi connectivity index (χ2v) is 7.86. The summed E-state index contributed by atoms with van der Waals surface area (Å²) in [4.78, 5) is 12.2. The minimum Gasteiger partial charge on any atom is -0.329 e. The number of nitrogens with two attached hydrogens (primary N) is 1. The lowest BCUT2D eigenvalue weighted by molar-refractivity contribution is -0.172. The van der Waals surface area contributed by atoms with Crippen LogP contribution < -0.4 is 10.5 Å². The maximum atomic E-state index is 13.1. The van der Waals surface area contributed by atoms with Gasteiger partial charge in [-0.3, -0.25) is 4.79 Å². The molecule has 0 spiro atoms. The number of halogens is 5. The minimum absolute atomic E-state index is 0. The van der Waals surface area contributed by atoms with Crippen molar-refractivity contribution in [2.24, 2.45) is 5.73 Å². The number of carbonyl (C=O) groups excluding carboxylic acids is 1. The molecule has 1 aliphatic rings. The minimum atomic E-state index is -4.26. The Morgan fingerprint density at radius 3 is 2.12 bits per heavy atom. The quantitative estimate of drug-likeness (QED) is 0.444. The molecule has 0 aromatic carbocycles. The lowest BCUT2D eigenvalue weighted by atomic mass is 10.1. The van der Waals surface area contributed by atoms with E-state index < -0.39 is 47.1 Å². The fourth-order valence-electron chi connectivity index (χ4n) is 2.10.